The van der Waals surface area contributed by atoms with Crippen molar-refractivity contribution in [2.75, 3.05) is 0 Å². The molecule has 0 aromatic heterocycles. The largest absolute Gasteiger partial charge is 1.00 e. The summed E-state index contributed by atoms with van der Waals surface area (Å²) in [5, 5.41) is 6.89. The van der Waals surface area contributed by atoms with E-state index in [1.54, 1.807) is 0 Å². The van der Waals surface area contributed by atoms with Crippen LogP contribution < -0.4 is 68.9 Å². The van der Waals surface area contributed by atoms with Gasteiger partial charge in [0.1, 0.15) is 0 Å². The molecule has 0 atom stereocenters. The molecule has 1 N–H and O–H groups in total. The van der Waals surface area contributed by atoms with E-state index in [1.807, 2.05) is 0 Å². The Hall–Kier alpha value is 1.52. The molecule has 0 aromatic rings. The van der Waals surface area contributed by atoms with Gasteiger partial charge in [-0.25, -0.2) is 0 Å². The van der Waals surface area contributed by atoms with Crippen molar-refractivity contribution in [1.29, 1.82) is 0 Å². The molecule has 0 rings (SSSR count). The normalized spacial score (nSPS) is 3.00. The molecule has 0 heterocycles. The van der Waals surface area contributed by atoms with Crippen molar-refractivity contribution in [3.63, 3.8) is 0 Å². The summed E-state index contributed by atoms with van der Waals surface area (Å²) in [5.41, 5.74) is 0. The second-order valence-electron chi connectivity index (χ2n) is 0.105. The van der Waals surface area contributed by atoms with Gasteiger partial charge in [-0.2, -0.15) is 0 Å². The van der Waals surface area contributed by atoms with Gasteiger partial charge in [0.15, 0.2) is 0 Å². The molecule has 0 amide bonds. The van der Waals surface area contributed by atoms with Crippen molar-refractivity contribution in [2.24, 2.45) is 0 Å². The van der Waals surface area contributed by atoms with E-state index < -0.39 is 0 Å². The zero-order chi connectivity index (χ0) is 2.71. The Labute approximate surface area is 84.5 Å². The number of hydrogen-bond donors (Lipinski definition) is 1. The maximum Gasteiger partial charge on any atom is 1.00 e. The van der Waals surface area contributed by atoms with Gasteiger partial charge < -0.3 is 6.53 Å². The summed E-state index contributed by atoms with van der Waals surface area (Å²) in [4.78, 5) is 8.36. The third-order valence-electron chi connectivity index (χ3n) is 0. The minimum atomic E-state index is -0.250. The van der Waals surface area contributed by atoms with Crippen molar-refractivity contribution < 1.29 is 80.2 Å². The predicted molar refractivity (Wildman–Crippen MR) is 9.80 cm³/mol. The molecule has 0 saturated heterocycles. The Bertz CT molecular complexity index is 17.1. The molecular weight excluding hydrogens is 177 g/mol. The van der Waals surface area contributed by atoms with Crippen LogP contribution in [0.3, 0.4) is 0 Å². The molecule has 0 aromatic carbocycles. The zero-order valence-electron chi connectivity index (χ0n) is 3.43. The molecule has 3 heteroatoms. The van der Waals surface area contributed by atoms with E-state index in [4.69, 9.17) is 9.90 Å². The van der Waals surface area contributed by atoms with E-state index in [1.165, 1.54) is 0 Å². The third kappa shape index (κ3) is 9.67. The second kappa shape index (κ2) is 8.82. The predicted octanol–water partition coefficient (Wildman–Crippen LogP) is -3.18. The van der Waals surface area contributed by atoms with Gasteiger partial charge in [0, 0.05) is 0 Å². The molecule has 0 saturated carbocycles. The number of hydrogen-bond acceptors (Lipinski definition) is 1. The van der Waals surface area contributed by atoms with Crippen LogP contribution in [0, 0.1) is 0 Å². The molecular formula is CH3CsO2. The van der Waals surface area contributed by atoms with E-state index in [9.17, 15) is 0 Å². The van der Waals surface area contributed by atoms with Crippen LogP contribution in [0.2, 0.25) is 0 Å². The van der Waals surface area contributed by atoms with Crippen LogP contribution in [-0.2, 0) is 4.79 Å². The van der Waals surface area contributed by atoms with E-state index >= 15 is 0 Å². The Morgan fingerprint density at radius 1 is 2.00 bits per heavy atom. The van der Waals surface area contributed by atoms with Crippen LogP contribution >= 0.6 is 0 Å². The summed E-state index contributed by atoms with van der Waals surface area (Å²) in [7, 11) is 0. The van der Waals surface area contributed by atoms with Gasteiger partial charge in [-0.1, -0.05) is 0 Å². The Morgan fingerprint density at radius 2 is 2.00 bits per heavy atom. The molecule has 0 unspecified atom stereocenters. The Balaban J connectivity index is -0.0000000200. The van der Waals surface area contributed by atoms with Gasteiger partial charge in [0.25, 0.3) is 6.47 Å². The minimum Gasteiger partial charge on any atom is -1.00 e. The summed E-state index contributed by atoms with van der Waals surface area (Å²) in [6, 6.07) is 0. The summed E-state index contributed by atoms with van der Waals surface area (Å²) in [5.74, 6) is 0. The van der Waals surface area contributed by atoms with Crippen LogP contribution in [0.5, 0.6) is 0 Å². The molecule has 0 spiro atoms. The van der Waals surface area contributed by atoms with Gasteiger partial charge in [-0.15, -0.1) is 0 Å². The topological polar surface area (TPSA) is 37.3 Å². The molecule has 4 heavy (non-hydrogen) atoms. The van der Waals surface area contributed by atoms with Crippen LogP contribution in [0.4, 0.5) is 0 Å². The first-order chi connectivity index (χ1) is 1.41. The van der Waals surface area contributed by atoms with Crippen molar-refractivity contribution in [3.05, 3.63) is 0 Å². The monoisotopic (exact) mass is 180 g/mol. The molecule has 0 aliphatic carbocycles. The molecule has 0 fully saturated rings. The van der Waals surface area contributed by atoms with Gasteiger partial charge in [0.05, 0.1) is 0 Å². The fourth-order valence-corrected chi connectivity index (χ4v) is 0. The van der Waals surface area contributed by atoms with Gasteiger partial charge in [0.2, 0.25) is 0 Å². The average molecular weight is 180 g/mol. The summed E-state index contributed by atoms with van der Waals surface area (Å²) in [6.45, 7) is -0.250. The van der Waals surface area contributed by atoms with Gasteiger partial charge in [-0.3, -0.25) is 4.79 Å². The first-order valence-corrected chi connectivity index (χ1v) is 0.494. The van der Waals surface area contributed by atoms with Gasteiger partial charge in [-0.05, 0) is 0 Å². The minimum absolute atomic E-state index is 0. The third-order valence-corrected chi connectivity index (χ3v) is 0. The maximum absolute atomic E-state index is 8.36. The number of rotatable bonds is 0. The van der Waals surface area contributed by atoms with Crippen LogP contribution in [0.25, 0.3) is 0 Å². The van der Waals surface area contributed by atoms with Crippen molar-refractivity contribution >= 4 is 6.47 Å². The molecule has 0 radical (unpaired) electrons. The van der Waals surface area contributed by atoms with E-state index in [0.717, 1.165) is 0 Å². The van der Waals surface area contributed by atoms with Crippen LogP contribution in [0.15, 0.2) is 0 Å². The molecule has 0 bridgehead atoms. The van der Waals surface area contributed by atoms with Crippen molar-refractivity contribution in [1.82, 2.24) is 0 Å². The summed E-state index contributed by atoms with van der Waals surface area (Å²) in [6.07, 6.45) is 0. The van der Waals surface area contributed by atoms with Gasteiger partial charge >= 0.3 is 68.9 Å². The first kappa shape index (κ1) is 9.10. The Morgan fingerprint density at radius 3 is 2.00 bits per heavy atom. The average Bonchev–Trinajstić information content (AvgIpc) is 0.918. The number of carbonyl (C=O) groups is 1. The second-order valence-corrected chi connectivity index (χ2v) is 0.105. The quantitative estimate of drug-likeness (QED) is 0.399. The van der Waals surface area contributed by atoms with Crippen molar-refractivity contribution in [3.8, 4) is 0 Å². The first-order valence-electron chi connectivity index (χ1n) is 0.494. The number of carboxylic acid groups (broad SMARTS) is 1. The maximum atomic E-state index is 8.36. The molecule has 0 aliphatic heterocycles. The Kier molecular flexibility index (Phi) is 20.1. The SMILES string of the molecule is O=CO.[Cs+].[H-]. The van der Waals surface area contributed by atoms with Crippen LogP contribution in [-0.4, -0.2) is 11.6 Å². The molecule has 2 nitrogen and oxygen atoms in total. The van der Waals surface area contributed by atoms with E-state index in [0.29, 0.717) is 0 Å². The summed E-state index contributed by atoms with van der Waals surface area (Å²) < 4.78 is 0. The fourth-order valence-electron chi connectivity index (χ4n) is 0. The molecule has 0 aliphatic rings. The fraction of sp³-hybridized carbons (Fsp3) is 0. The summed E-state index contributed by atoms with van der Waals surface area (Å²) >= 11 is 0. The zero-order valence-corrected chi connectivity index (χ0v) is 8.71. The smallest absolute Gasteiger partial charge is 1.00 e. The standard InChI is InChI=1S/CH2O2.Cs.H/c2-1-3;;/h1H,(H,2,3);;/q;+1;-1. The molecule has 20 valence electrons. The van der Waals surface area contributed by atoms with Crippen molar-refractivity contribution in [2.45, 2.75) is 0 Å². The van der Waals surface area contributed by atoms with Crippen LogP contribution in [0.1, 0.15) is 1.43 Å². The van der Waals surface area contributed by atoms with E-state index in [2.05, 4.69) is 0 Å². The van der Waals surface area contributed by atoms with E-state index in [-0.39, 0.29) is 76.8 Å².